The Kier molecular flexibility index (Phi) is 6.09. The maximum atomic E-state index is 12.6. The molecule has 0 spiro atoms. The van der Waals surface area contributed by atoms with Crippen molar-refractivity contribution in [2.75, 3.05) is 23.8 Å². The third kappa shape index (κ3) is 4.76. The first kappa shape index (κ1) is 19.6. The zero-order valence-electron chi connectivity index (χ0n) is 16.3. The number of benzene rings is 2. The van der Waals surface area contributed by atoms with Crippen LogP contribution in [0.2, 0.25) is 0 Å². The van der Waals surface area contributed by atoms with E-state index in [0.29, 0.717) is 24.2 Å². The Morgan fingerprint density at radius 3 is 2.54 bits per heavy atom. The molecule has 1 heterocycles. The number of nitrogens with zero attached hydrogens (tertiary/aromatic N) is 2. The van der Waals surface area contributed by atoms with Crippen molar-refractivity contribution in [3.63, 3.8) is 0 Å². The van der Waals surface area contributed by atoms with Gasteiger partial charge < -0.3 is 15.1 Å². The lowest BCUT2D eigenvalue weighted by Crippen LogP contribution is -2.35. The summed E-state index contributed by atoms with van der Waals surface area (Å²) in [6.07, 6.45) is 2.53. The average molecular weight is 379 g/mol. The second-order valence-electron chi connectivity index (χ2n) is 7.08. The van der Waals surface area contributed by atoms with E-state index in [4.69, 9.17) is 0 Å². The van der Waals surface area contributed by atoms with Crippen LogP contribution in [-0.2, 0) is 16.1 Å². The van der Waals surface area contributed by atoms with Crippen LogP contribution in [0.25, 0.3) is 0 Å². The van der Waals surface area contributed by atoms with Gasteiger partial charge in [-0.1, -0.05) is 12.1 Å². The predicted octanol–water partition coefficient (Wildman–Crippen LogP) is 3.43. The van der Waals surface area contributed by atoms with Crippen molar-refractivity contribution >= 4 is 29.1 Å². The highest BCUT2D eigenvalue weighted by atomic mass is 16.2. The molecule has 1 N–H and O–H groups in total. The smallest absolute Gasteiger partial charge is 0.255 e. The summed E-state index contributed by atoms with van der Waals surface area (Å²) in [5.41, 5.74) is 2.97. The minimum Gasteiger partial charge on any atom is -0.342 e. The molecule has 6 heteroatoms. The van der Waals surface area contributed by atoms with Gasteiger partial charge in [-0.3, -0.25) is 14.4 Å². The molecule has 3 rings (SSSR count). The van der Waals surface area contributed by atoms with Crippen molar-refractivity contribution in [1.82, 2.24) is 4.90 Å². The summed E-state index contributed by atoms with van der Waals surface area (Å²) in [6.45, 7) is 2.73. The van der Waals surface area contributed by atoms with Crippen LogP contribution in [0.3, 0.4) is 0 Å². The lowest BCUT2D eigenvalue weighted by molar-refractivity contribution is -0.128. The quantitative estimate of drug-likeness (QED) is 0.865. The number of carbonyl (C=O) groups is 3. The monoisotopic (exact) mass is 379 g/mol. The largest absolute Gasteiger partial charge is 0.342 e. The second kappa shape index (κ2) is 8.69. The molecule has 1 aliphatic heterocycles. The molecule has 28 heavy (non-hydrogen) atoms. The third-order valence-electron chi connectivity index (χ3n) is 4.91. The average Bonchev–Trinajstić information content (AvgIpc) is 2.68. The number of hydrogen-bond donors (Lipinski definition) is 1. The number of carbonyl (C=O) groups excluding carboxylic acids is 3. The molecule has 0 radical (unpaired) electrons. The standard InChI is InChI=1S/C22H25N3O3/c1-16(26)24(2)15-17-6-5-7-19(14-17)23-22(28)18-9-11-20(12-10-18)25-13-4-3-8-21(25)27/h5-7,9-12,14H,3-4,8,13,15H2,1-2H3,(H,23,28). The molecule has 0 saturated carbocycles. The van der Waals surface area contributed by atoms with E-state index in [-0.39, 0.29) is 17.7 Å². The summed E-state index contributed by atoms with van der Waals surface area (Å²) in [5, 5.41) is 2.89. The van der Waals surface area contributed by atoms with Crippen LogP contribution >= 0.6 is 0 Å². The van der Waals surface area contributed by atoms with Crippen LogP contribution in [-0.4, -0.2) is 36.2 Å². The second-order valence-corrected chi connectivity index (χ2v) is 7.08. The first-order valence-electron chi connectivity index (χ1n) is 9.46. The number of rotatable bonds is 5. The van der Waals surface area contributed by atoms with Crippen LogP contribution in [0.15, 0.2) is 48.5 Å². The molecule has 6 nitrogen and oxygen atoms in total. The Hall–Kier alpha value is -3.15. The van der Waals surface area contributed by atoms with Crippen LogP contribution < -0.4 is 10.2 Å². The fourth-order valence-electron chi connectivity index (χ4n) is 3.21. The first-order chi connectivity index (χ1) is 13.4. The van der Waals surface area contributed by atoms with Crippen molar-refractivity contribution in [3.8, 4) is 0 Å². The van der Waals surface area contributed by atoms with E-state index in [1.807, 2.05) is 36.4 Å². The summed E-state index contributed by atoms with van der Waals surface area (Å²) in [6, 6.07) is 14.5. The van der Waals surface area contributed by atoms with Gasteiger partial charge in [0.05, 0.1) is 0 Å². The molecule has 0 aromatic heterocycles. The van der Waals surface area contributed by atoms with E-state index in [0.717, 1.165) is 30.6 Å². The van der Waals surface area contributed by atoms with Crippen LogP contribution in [0.4, 0.5) is 11.4 Å². The topological polar surface area (TPSA) is 69.7 Å². The van der Waals surface area contributed by atoms with E-state index >= 15 is 0 Å². The summed E-state index contributed by atoms with van der Waals surface area (Å²) < 4.78 is 0. The SMILES string of the molecule is CC(=O)N(C)Cc1cccc(NC(=O)c2ccc(N3CCCCC3=O)cc2)c1. The Morgan fingerprint density at radius 1 is 1.11 bits per heavy atom. The Bertz CT molecular complexity index is 877. The zero-order valence-corrected chi connectivity index (χ0v) is 16.3. The van der Waals surface area contributed by atoms with Gasteiger partial charge in [0.15, 0.2) is 0 Å². The fraction of sp³-hybridized carbons (Fsp3) is 0.318. The van der Waals surface area contributed by atoms with Crippen LogP contribution in [0, 0.1) is 0 Å². The first-order valence-corrected chi connectivity index (χ1v) is 9.46. The highest BCUT2D eigenvalue weighted by Crippen LogP contribution is 2.22. The number of nitrogens with one attached hydrogen (secondary N) is 1. The van der Waals surface area contributed by atoms with E-state index < -0.39 is 0 Å². The molecule has 1 aliphatic rings. The van der Waals surface area contributed by atoms with Crippen molar-refractivity contribution in [2.24, 2.45) is 0 Å². The molecule has 146 valence electrons. The zero-order chi connectivity index (χ0) is 20.1. The molecule has 1 fully saturated rings. The van der Waals surface area contributed by atoms with E-state index in [9.17, 15) is 14.4 Å². The molecule has 0 bridgehead atoms. The number of hydrogen-bond acceptors (Lipinski definition) is 3. The minimum absolute atomic E-state index is 0.0123. The summed E-state index contributed by atoms with van der Waals surface area (Å²) >= 11 is 0. The molecule has 1 saturated heterocycles. The van der Waals surface area contributed by atoms with Gasteiger partial charge in [0.25, 0.3) is 5.91 Å². The molecule has 3 amide bonds. The van der Waals surface area contributed by atoms with Crippen molar-refractivity contribution in [2.45, 2.75) is 32.7 Å². The van der Waals surface area contributed by atoms with E-state index in [2.05, 4.69) is 5.32 Å². The number of anilines is 2. The summed E-state index contributed by atoms with van der Waals surface area (Å²) in [7, 11) is 1.74. The molecule has 0 aliphatic carbocycles. The molecular formula is C22H25N3O3. The van der Waals surface area contributed by atoms with Crippen molar-refractivity contribution < 1.29 is 14.4 Å². The van der Waals surface area contributed by atoms with Crippen LogP contribution in [0.1, 0.15) is 42.1 Å². The minimum atomic E-state index is -0.214. The third-order valence-corrected chi connectivity index (χ3v) is 4.91. The lowest BCUT2D eigenvalue weighted by atomic mass is 10.1. The van der Waals surface area contributed by atoms with E-state index in [1.54, 1.807) is 29.0 Å². The van der Waals surface area contributed by atoms with Gasteiger partial charge in [-0.05, 0) is 54.8 Å². The summed E-state index contributed by atoms with van der Waals surface area (Å²) in [5.74, 6) is -0.0916. The Labute approximate surface area is 165 Å². The fourth-order valence-corrected chi connectivity index (χ4v) is 3.21. The highest BCUT2D eigenvalue weighted by Gasteiger charge is 2.19. The Morgan fingerprint density at radius 2 is 1.86 bits per heavy atom. The maximum absolute atomic E-state index is 12.6. The predicted molar refractivity (Wildman–Crippen MR) is 109 cm³/mol. The Balaban J connectivity index is 1.66. The highest BCUT2D eigenvalue weighted by molar-refractivity contribution is 6.04. The number of piperidine rings is 1. The summed E-state index contributed by atoms with van der Waals surface area (Å²) in [4.78, 5) is 39.4. The van der Waals surface area contributed by atoms with Gasteiger partial charge >= 0.3 is 0 Å². The van der Waals surface area contributed by atoms with Gasteiger partial charge in [-0.15, -0.1) is 0 Å². The van der Waals surface area contributed by atoms with Gasteiger partial charge in [-0.25, -0.2) is 0 Å². The lowest BCUT2D eigenvalue weighted by Gasteiger charge is -2.26. The molecule has 2 aromatic carbocycles. The van der Waals surface area contributed by atoms with Gasteiger partial charge in [-0.2, -0.15) is 0 Å². The van der Waals surface area contributed by atoms with Gasteiger partial charge in [0, 0.05) is 50.4 Å². The van der Waals surface area contributed by atoms with Gasteiger partial charge in [0.2, 0.25) is 11.8 Å². The normalized spacial score (nSPS) is 13.9. The molecule has 0 atom stereocenters. The maximum Gasteiger partial charge on any atom is 0.255 e. The van der Waals surface area contributed by atoms with Crippen molar-refractivity contribution in [1.29, 1.82) is 0 Å². The van der Waals surface area contributed by atoms with E-state index in [1.165, 1.54) is 6.92 Å². The molecule has 2 aromatic rings. The van der Waals surface area contributed by atoms with Gasteiger partial charge in [0.1, 0.15) is 0 Å². The van der Waals surface area contributed by atoms with Crippen molar-refractivity contribution in [3.05, 3.63) is 59.7 Å². The number of amides is 3. The molecule has 0 unspecified atom stereocenters. The molecular weight excluding hydrogens is 354 g/mol. The van der Waals surface area contributed by atoms with Crippen LogP contribution in [0.5, 0.6) is 0 Å².